The highest BCUT2D eigenvalue weighted by Gasteiger charge is 2.33. The van der Waals surface area contributed by atoms with Crippen LogP contribution in [-0.2, 0) is 4.74 Å². The Hall–Kier alpha value is -1.69. The monoisotopic (exact) mass is 240 g/mol. The normalized spacial score (nSPS) is 17.3. The lowest BCUT2D eigenvalue weighted by Gasteiger charge is -2.38. The Balaban J connectivity index is 2.08. The predicted molar refractivity (Wildman–Crippen MR) is 60.5 cm³/mol. The smallest absolute Gasteiger partial charge is 0.271 e. The highest BCUT2D eigenvalue weighted by atomic mass is 19.1. The summed E-state index contributed by atoms with van der Waals surface area (Å²) in [7, 11) is 0. The van der Waals surface area contributed by atoms with Gasteiger partial charge in [-0.25, -0.2) is 4.39 Å². The van der Waals surface area contributed by atoms with Crippen molar-refractivity contribution in [2.75, 3.05) is 25.1 Å². The third-order valence-electron chi connectivity index (χ3n) is 2.77. The first-order chi connectivity index (χ1) is 8.00. The van der Waals surface area contributed by atoms with Gasteiger partial charge in [-0.2, -0.15) is 0 Å². The van der Waals surface area contributed by atoms with Crippen LogP contribution in [0.4, 0.5) is 15.8 Å². The van der Waals surface area contributed by atoms with Gasteiger partial charge in [0.25, 0.3) is 5.69 Å². The maximum atomic E-state index is 13.4. The quantitative estimate of drug-likeness (QED) is 0.647. The molecule has 1 aliphatic heterocycles. The van der Waals surface area contributed by atoms with Crippen LogP contribution in [-0.4, -0.2) is 24.7 Å². The Morgan fingerprint density at radius 3 is 2.82 bits per heavy atom. The van der Waals surface area contributed by atoms with Gasteiger partial charge in [-0.15, -0.1) is 0 Å². The molecule has 0 aromatic heterocycles. The summed E-state index contributed by atoms with van der Waals surface area (Å²) in [5.74, 6) is -0.487. The van der Waals surface area contributed by atoms with E-state index in [-0.39, 0.29) is 16.8 Å². The van der Waals surface area contributed by atoms with Gasteiger partial charge in [-0.1, -0.05) is 6.92 Å². The third kappa shape index (κ3) is 2.52. The van der Waals surface area contributed by atoms with Gasteiger partial charge < -0.3 is 10.1 Å². The molecule has 0 atom stereocenters. The minimum Gasteiger partial charge on any atom is -0.382 e. The molecular weight excluding hydrogens is 227 g/mol. The highest BCUT2D eigenvalue weighted by Crippen LogP contribution is 2.28. The van der Waals surface area contributed by atoms with Gasteiger partial charge in [0.2, 0.25) is 0 Å². The highest BCUT2D eigenvalue weighted by molar-refractivity contribution is 5.52. The summed E-state index contributed by atoms with van der Waals surface area (Å²) >= 11 is 0. The zero-order valence-electron chi connectivity index (χ0n) is 9.40. The van der Waals surface area contributed by atoms with Gasteiger partial charge in [0, 0.05) is 24.1 Å². The van der Waals surface area contributed by atoms with Crippen LogP contribution < -0.4 is 5.32 Å². The largest absolute Gasteiger partial charge is 0.382 e. The molecule has 0 radical (unpaired) electrons. The maximum Gasteiger partial charge on any atom is 0.271 e. The van der Waals surface area contributed by atoms with E-state index < -0.39 is 10.7 Å². The van der Waals surface area contributed by atoms with E-state index in [1.165, 1.54) is 6.07 Å². The van der Waals surface area contributed by atoms with Crippen molar-refractivity contribution in [3.8, 4) is 0 Å². The molecule has 2 rings (SSSR count). The summed E-state index contributed by atoms with van der Waals surface area (Å²) in [5, 5.41) is 13.5. The van der Waals surface area contributed by atoms with Gasteiger partial charge in [0.15, 0.2) is 0 Å². The van der Waals surface area contributed by atoms with Crippen LogP contribution in [0, 0.1) is 21.3 Å². The van der Waals surface area contributed by atoms with Crippen LogP contribution >= 0.6 is 0 Å². The molecule has 0 bridgehead atoms. The van der Waals surface area contributed by atoms with Gasteiger partial charge >= 0.3 is 0 Å². The number of hydrogen-bond donors (Lipinski definition) is 1. The summed E-state index contributed by atoms with van der Waals surface area (Å²) < 4.78 is 18.5. The van der Waals surface area contributed by atoms with E-state index in [4.69, 9.17) is 4.74 Å². The summed E-state index contributed by atoms with van der Waals surface area (Å²) in [5.41, 5.74) is 0.0214. The zero-order chi connectivity index (χ0) is 12.5. The van der Waals surface area contributed by atoms with E-state index in [1.54, 1.807) is 0 Å². The summed E-state index contributed by atoms with van der Waals surface area (Å²) in [4.78, 5) is 10.0. The number of halogens is 1. The summed E-state index contributed by atoms with van der Waals surface area (Å²) in [6, 6.07) is 3.45. The van der Waals surface area contributed by atoms with Gasteiger partial charge in [0.1, 0.15) is 5.82 Å². The molecule has 5 nitrogen and oxygen atoms in total. The average molecular weight is 240 g/mol. The predicted octanol–water partition coefficient (Wildman–Crippen LogP) is 2.18. The topological polar surface area (TPSA) is 64.4 Å². The molecule has 0 aliphatic carbocycles. The molecule has 0 amide bonds. The lowest BCUT2D eigenvalue weighted by molar-refractivity contribution is -0.384. The van der Waals surface area contributed by atoms with Crippen molar-refractivity contribution in [1.82, 2.24) is 0 Å². The third-order valence-corrected chi connectivity index (χ3v) is 2.77. The van der Waals surface area contributed by atoms with E-state index in [9.17, 15) is 14.5 Å². The fourth-order valence-corrected chi connectivity index (χ4v) is 1.62. The Morgan fingerprint density at radius 2 is 2.29 bits per heavy atom. The molecular formula is C11H13FN2O3. The first kappa shape index (κ1) is 11.8. The molecule has 0 spiro atoms. The van der Waals surface area contributed by atoms with Crippen molar-refractivity contribution < 1.29 is 14.1 Å². The SMILES string of the molecule is CC1(CNc2cc([N+](=O)[O-])ccc2F)COC1. The second kappa shape index (κ2) is 4.29. The first-order valence-electron chi connectivity index (χ1n) is 5.26. The average Bonchev–Trinajstić information content (AvgIpc) is 2.25. The molecule has 1 aliphatic rings. The fraction of sp³-hybridized carbons (Fsp3) is 0.455. The number of benzene rings is 1. The van der Waals surface area contributed by atoms with Crippen LogP contribution in [0.15, 0.2) is 18.2 Å². The van der Waals surface area contributed by atoms with Crippen LogP contribution in [0.1, 0.15) is 6.92 Å². The molecule has 1 saturated heterocycles. The lowest BCUT2D eigenvalue weighted by Crippen LogP contribution is -2.45. The van der Waals surface area contributed by atoms with Crippen molar-refractivity contribution in [3.63, 3.8) is 0 Å². The van der Waals surface area contributed by atoms with Gasteiger partial charge in [-0.3, -0.25) is 10.1 Å². The van der Waals surface area contributed by atoms with Crippen molar-refractivity contribution in [3.05, 3.63) is 34.1 Å². The first-order valence-corrected chi connectivity index (χ1v) is 5.26. The molecule has 1 aromatic carbocycles. The zero-order valence-corrected chi connectivity index (χ0v) is 9.40. The van der Waals surface area contributed by atoms with Crippen LogP contribution in [0.25, 0.3) is 0 Å². The number of nitro groups is 1. The fourth-order valence-electron chi connectivity index (χ4n) is 1.62. The van der Waals surface area contributed by atoms with E-state index in [1.807, 2.05) is 6.92 Å². The minimum atomic E-state index is -0.543. The molecule has 92 valence electrons. The molecule has 1 aromatic rings. The molecule has 1 fully saturated rings. The minimum absolute atomic E-state index is 0.0168. The lowest BCUT2D eigenvalue weighted by atomic mass is 9.88. The Morgan fingerprint density at radius 1 is 1.59 bits per heavy atom. The van der Waals surface area contributed by atoms with Gasteiger partial charge in [0.05, 0.1) is 23.8 Å². The van der Waals surface area contributed by atoms with Crippen molar-refractivity contribution >= 4 is 11.4 Å². The number of non-ortho nitro benzene ring substituents is 1. The maximum absolute atomic E-state index is 13.4. The molecule has 6 heteroatoms. The Bertz CT molecular complexity index is 446. The van der Waals surface area contributed by atoms with Crippen molar-refractivity contribution in [1.29, 1.82) is 0 Å². The number of rotatable bonds is 4. The molecule has 1 heterocycles. The molecule has 1 N–H and O–H groups in total. The number of nitro benzene ring substituents is 1. The summed E-state index contributed by atoms with van der Waals surface area (Å²) in [6.07, 6.45) is 0. The number of nitrogens with zero attached hydrogens (tertiary/aromatic N) is 1. The summed E-state index contributed by atoms with van der Waals surface area (Å²) in [6.45, 7) is 3.79. The second-order valence-corrected chi connectivity index (χ2v) is 4.58. The van der Waals surface area contributed by atoms with Crippen LogP contribution in [0.3, 0.4) is 0 Å². The Kier molecular flexibility index (Phi) is 2.97. The second-order valence-electron chi connectivity index (χ2n) is 4.58. The van der Waals surface area contributed by atoms with Crippen molar-refractivity contribution in [2.24, 2.45) is 5.41 Å². The molecule has 0 saturated carbocycles. The van der Waals surface area contributed by atoms with E-state index >= 15 is 0 Å². The molecule has 0 unspecified atom stereocenters. The Labute approximate surface area is 97.7 Å². The number of nitrogens with one attached hydrogen (secondary N) is 1. The van der Waals surface area contributed by atoms with E-state index in [0.29, 0.717) is 19.8 Å². The van der Waals surface area contributed by atoms with Crippen LogP contribution in [0.5, 0.6) is 0 Å². The number of hydrogen-bond acceptors (Lipinski definition) is 4. The number of ether oxygens (including phenoxy) is 1. The van der Waals surface area contributed by atoms with E-state index in [0.717, 1.165) is 12.1 Å². The standard InChI is InChI=1S/C11H13FN2O3/c1-11(6-17-7-11)5-13-10-4-8(14(15)16)2-3-9(10)12/h2-4,13H,5-7H2,1H3. The molecule has 17 heavy (non-hydrogen) atoms. The number of anilines is 1. The van der Waals surface area contributed by atoms with Crippen LogP contribution in [0.2, 0.25) is 0 Å². The van der Waals surface area contributed by atoms with Gasteiger partial charge in [-0.05, 0) is 6.07 Å². The van der Waals surface area contributed by atoms with E-state index in [2.05, 4.69) is 5.32 Å². The van der Waals surface area contributed by atoms with Crippen molar-refractivity contribution in [2.45, 2.75) is 6.92 Å².